The van der Waals surface area contributed by atoms with E-state index in [4.69, 9.17) is 4.98 Å². The number of carbonyl (C=O) groups excluding carboxylic acids is 1. The average molecular weight is 437 g/mol. The van der Waals surface area contributed by atoms with Crippen molar-refractivity contribution in [3.05, 3.63) is 41.0 Å². The molecule has 32 heavy (non-hydrogen) atoms. The molecular formula is C25H36N6O. The van der Waals surface area contributed by atoms with E-state index < -0.39 is 0 Å². The first kappa shape index (κ1) is 22.6. The summed E-state index contributed by atoms with van der Waals surface area (Å²) in [7, 11) is 0. The third-order valence-electron chi connectivity index (χ3n) is 6.74. The normalized spacial score (nSPS) is 20.0. The van der Waals surface area contributed by atoms with Crippen molar-refractivity contribution >= 4 is 17.5 Å². The van der Waals surface area contributed by atoms with Crippen LogP contribution in [-0.2, 0) is 4.79 Å². The van der Waals surface area contributed by atoms with Crippen molar-refractivity contribution in [1.82, 2.24) is 24.8 Å². The van der Waals surface area contributed by atoms with Crippen molar-refractivity contribution in [2.75, 3.05) is 31.5 Å². The van der Waals surface area contributed by atoms with Gasteiger partial charge in [-0.2, -0.15) is 0 Å². The summed E-state index contributed by atoms with van der Waals surface area (Å²) in [6.07, 6.45) is 4.93. The molecule has 1 unspecified atom stereocenters. The van der Waals surface area contributed by atoms with Gasteiger partial charge in [-0.1, -0.05) is 6.92 Å². The topological polar surface area (TPSA) is 74.2 Å². The number of hydrogen-bond acceptors (Lipinski definition) is 6. The molecule has 0 aromatic carbocycles. The molecule has 0 bridgehead atoms. The molecule has 172 valence electrons. The standard InChI is InChI=1S/C25H36N6O/c1-5-30-11-8-20(9-12-30)15-24(32)31-10-6-7-23(31)22-16-21(14-19(4)26-22)29-25-27-17(2)13-18(3)28-25/h13-14,16,20,23H,5-12,15H2,1-4H3,(H,26,27,28,29). The Morgan fingerprint density at radius 2 is 1.66 bits per heavy atom. The summed E-state index contributed by atoms with van der Waals surface area (Å²) in [5, 5.41) is 3.34. The molecule has 1 N–H and O–H groups in total. The third kappa shape index (κ3) is 5.44. The van der Waals surface area contributed by atoms with Crippen molar-refractivity contribution < 1.29 is 4.79 Å². The maximum Gasteiger partial charge on any atom is 0.227 e. The van der Waals surface area contributed by atoms with Crippen LogP contribution in [0, 0.1) is 26.7 Å². The van der Waals surface area contributed by atoms with Gasteiger partial charge in [-0.3, -0.25) is 9.78 Å². The molecule has 2 aromatic heterocycles. The fraction of sp³-hybridized carbons (Fsp3) is 0.600. The Balaban J connectivity index is 1.46. The monoisotopic (exact) mass is 436 g/mol. The zero-order valence-corrected chi connectivity index (χ0v) is 19.9. The highest BCUT2D eigenvalue weighted by atomic mass is 16.2. The molecule has 0 saturated carbocycles. The number of amides is 1. The third-order valence-corrected chi connectivity index (χ3v) is 6.74. The van der Waals surface area contributed by atoms with Crippen LogP contribution in [0.2, 0.25) is 0 Å². The van der Waals surface area contributed by atoms with Gasteiger partial charge in [-0.25, -0.2) is 9.97 Å². The van der Waals surface area contributed by atoms with Crippen molar-refractivity contribution in [3.8, 4) is 0 Å². The predicted molar refractivity (Wildman–Crippen MR) is 127 cm³/mol. The molecule has 4 rings (SSSR count). The largest absolute Gasteiger partial charge is 0.334 e. The summed E-state index contributed by atoms with van der Waals surface area (Å²) in [5.74, 6) is 1.39. The Morgan fingerprint density at radius 3 is 2.34 bits per heavy atom. The highest BCUT2D eigenvalue weighted by Gasteiger charge is 2.33. The number of hydrogen-bond donors (Lipinski definition) is 1. The smallest absolute Gasteiger partial charge is 0.227 e. The van der Waals surface area contributed by atoms with E-state index in [1.165, 1.54) is 0 Å². The van der Waals surface area contributed by atoms with Crippen LogP contribution in [0.25, 0.3) is 0 Å². The van der Waals surface area contributed by atoms with E-state index in [0.29, 0.717) is 18.3 Å². The van der Waals surface area contributed by atoms with Gasteiger partial charge in [0.15, 0.2) is 0 Å². The first-order valence-corrected chi connectivity index (χ1v) is 12.0. The van der Waals surface area contributed by atoms with Crippen molar-refractivity contribution in [3.63, 3.8) is 0 Å². The van der Waals surface area contributed by atoms with Crippen molar-refractivity contribution in [1.29, 1.82) is 0 Å². The van der Waals surface area contributed by atoms with E-state index in [0.717, 1.165) is 80.3 Å². The highest BCUT2D eigenvalue weighted by molar-refractivity contribution is 5.77. The molecule has 4 heterocycles. The van der Waals surface area contributed by atoms with Crippen molar-refractivity contribution in [2.24, 2.45) is 5.92 Å². The maximum atomic E-state index is 13.2. The SMILES string of the molecule is CCN1CCC(CC(=O)N2CCCC2c2cc(Nc3nc(C)cc(C)n3)cc(C)n2)CC1. The number of rotatable bonds is 6. The Bertz CT molecular complexity index is 933. The molecule has 2 fully saturated rings. The summed E-state index contributed by atoms with van der Waals surface area (Å²) in [5.41, 5.74) is 4.68. The van der Waals surface area contributed by atoms with Crippen LogP contribution in [0.3, 0.4) is 0 Å². The summed E-state index contributed by atoms with van der Waals surface area (Å²) in [6, 6.07) is 6.08. The Morgan fingerprint density at radius 1 is 0.969 bits per heavy atom. The molecule has 1 amide bonds. The minimum absolute atomic E-state index is 0.0545. The van der Waals surface area contributed by atoms with E-state index in [9.17, 15) is 4.79 Å². The molecule has 7 heteroatoms. The summed E-state index contributed by atoms with van der Waals surface area (Å²) < 4.78 is 0. The molecular weight excluding hydrogens is 400 g/mol. The first-order valence-electron chi connectivity index (χ1n) is 12.0. The van der Waals surface area contributed by atoms with Crippen LogP contribution in [0.15, 0.2) is 18.2 Å². The fourth-order valence-corrected chi connectivity index (χ4v) is 5.09. The van der Waals surface area contributed by atoms with E-state index in [-0.39, 0.29) is 11.9 Å². The van der Waals surface area contributed by atoms with Crippen LogP contribution in [0.4, 0.5) is 11.6 Å². The number of aromatic nitrogens is 3. The lowest BCUT2D eigenvalue weighted by Crippen LogP contribution is -2.37. The van der Waals surface area contributed by atoms with Gasteiger partial charge >= 0.3 is 0 Å². The van der Waals surface area contributed by atoms with Gasteiger partial charge in [0.05, 0.1) is 11.7 Å². The molecule has 0 radical (unpaired) electrons. The van der Waals surface area contributed by atoms with E-state index in [1.54, 1.807) is 0 Å². The first-order chi connectivity index (χ1) is 15.4. The summed E-state index contributed by atoms with van der Waals surface area (Å²) in [6.45, 7) is 12.3. The molecule has 1 atom stereocenters. The molecule has 2 aromatic rings. The van der Waals surface area contributed by atoms with Gasteiger partial charge in [-0.15, -0.1) is 0 Å². The number of likely N-dealkylation sites (tertiary alicyclic amines) is 2. The van der Waals surface area contributed by atoms with Gasteiger partial charge in [0.25, 0.3) is 0 Å². The lowest BCUT2D eigenvalue weighted by atomic mass is 9.93. The Labute approximate surface area is 191 Å². The second kappa shape index (κ2) is 9.94. The summed E-state index contributed by atoms with van der Waals surface area (Å²) in [4.78, 5) is 31.6. The van der Waals surface area contributed by atoms with Gasteiger partial charge in [-0.05, 0) is 90.2 Å². The van der Waals surface area contributed by atoms with E-state index in [2.05, 4.69) is 38.1 Å². The Kier molecular flexibility index (Phi) is 7.04. The quantitative estimate of drug-likeness (QED) is 0.727. The van der Waals surface area contributed by atoms with Crippen LogP contribution in [0.5, 0.6) is 0 Å². The molecule has 0 aliphatic carbocycles. The van der Waals surface area contributed by atoms with Crippen LogP contribution in [0.1, 0.15) is 67.8 Å². The van der Waals surface area contributed by atoms with Crippen LogP contribution < -0.4 is 5.32 Å². The lowest BCUT2D eigenvalue weighted by Gasteiger charge is -2.32. The average Bonchev–Trinajstić information content (AvgIpc) is 3.23. The van der Waals surface area contributed by atoms with Crippen molar-refractivity contribution in [2.45, 2.75) is 65.8 Å². The lowest BCUT2D eigenvalue weighted by molar-refractivity contribution is -0.133. The van der Waals surface area contributed by atoms with Crippen LogP contribution in [-0.4, -0.2) is 56.8 Å². The van der Waals surface area contributed by atoms with Gasteiger partial charge in [0.2, 0.25) is 11.9 Å². The number of anilines is 2. The molecule has 2 saturated heterocycles. The van der Waals surface area contributed by atoms with Gasteiger partial charge in [0, 0.05) is 35.7 Å². The number of aryl methyl sites for hydroxylation is 3. The second-order valence-electron chi connectivity index (χ2n) is 9.35. The molecule has 7 nitrogen and oxygen atoms in total. The number of pyridine rings is 1. The molecule has 2 aliphatic heterocycles. The zero-order chi connectivity index (χ0) is 22.7. The summed E-state index contributed by atoms with van der Waals surface area (Å²) >= 11 is 0. The molecule has 2 aliphatic rings. The number of nitrogens with one attached hydrogen (secondary N) is 1. The zero-order valence-electron chi connectivity index (χ0n) is 19.9. The fourth-order valence-electron chi connectivity index (χ4n) is 5.09. The van der Waals surface area contributed by atoms with Crippen LogP contribution >= 0.6 is 0 Å². The minimum Gasteiger partial charge on any atom is -0.334 e. The number of carbonyl (C=O) groups is 1. The minimum atomic E-state index is 0.0545. The highest BCUT2D eigenvalue weighted by Crippen LogP contribution is 2.34. The van der Waals surface area contributed by atoms with E-state index >= 15 is 0 Å². The van der Waals surface area contributed by atoms with Gasteiger partial charge in [0.1, 0.15) is 0 Å². The Hall–Kier alpha value is -2.54. The number of nitrogens with zero attached hydrogens (tertiary/aromatic N) is 5. The predicted octanol–water partition coefficient (Wildman–Crippen LogP) is 4.33. The van der Waals surface area contributed by atoms with E-state index in [1.807, 2.05) is 32.9 Å². The van der Waals surface area contributed by atoms with Gasteiger partial charge < -0.3 is 15.1 Å². The second-order valence-corrected chi connectivity index (χ2v) is 9.35. The molecule has 0 spiro atoms. The number of piperidine rings is 1. The maximum absolute atomic E-state index is 13.2.